The Kier molecular flexibility index (Phi) is 3.20. The van der Waals surface area contributed by atoms with Crippen molar-refractivity contribution in [3.05, 3.63) is 0 Å². The van der Waals surface area contributed by atoms with E-state index >= 15 is 0 Å². The van der Waals surface area contributed by atoms with Crippen molar-refractivity contribution in [1.82, 2.24) is 0 Å². The van der Waals surface area contributed by atoms with Gasteiger partial charge in [0.15, 0.2) is 0 Å². The molecule has 0 aliphatic carbocycles. The van der Waals surface area contributed by atoms with E-state index in [1.165, 1.54) is 0 Å². The van der Waals surface area contributed by atoms with E-state index in [9.17, 15) is 4.79 Å². The van der Waals surface area contributed by atoms with Gasteiger partial charge in [0, 0.05) is 0 Å². The summed E-state index contributed by atoms with van der Waals surface area (Å²) in [6.07, 6.45) is 0.0500. The van der Waals surface area contributed by atoms with Gasteiger partial charge in [0.1, 0.15) is 6.61 Å². The molecule has 1 aliphatic rings. The summed E-state index contributed by atoms with van der Waals surface area (Å²) in [5.74, 6) is -0.515. The van der Waals surface area contributed by atoms with Crippen molar-refractivity contribution in [1.29, 1.82) is 0 Å². The highest BCUT2D eigenvalue weighted by atomic mass is 31.2. The highest BCUT2D eigenvalue weighted by Crippen LogP contribution is 2.45. The number of amides is 1. The summed E-state index contributed by atoms with van der Waals surface area (Å²) in [5.41, 5.74) is 4.84. The standard InChI is InChI=1S/C5H10NO4P/c1-4-2-8-11(10-4)9-3-5(6)7/h4H,2-3H2,1H3,(H2,6,7). The Morgan fingerprint density at radius 2 is 2.64 bits per heavy atom. The molecule has 1 heterocycles. The Morgan fingerprint density at radius 1 is 1.91 bits per heavy atom. The van der Waals surface area contributed by atoms with E-state index in [0.29, 0.717) is 6.61 Å². The molecule has 5 nitrogen and oxygen atoms in total. The van der Waals surface area contributed by atoms with Gasteiger partial charge >= 0.3 is 8.60 Å². The van der Waals surface area contributed by atoms with Gasteiger partial charge in [-0.05, 0) is 6.92 Å². The topological polar surface area (TPSA) is 70.8 Å². The molecule has 6 heteroatoms. The summed E-state index contributed by atoms with van der Waals surface area (Å²) in [6.45, 7) is 2.25. The van der Waals surface area contributed by atoms with E-state index in [1.807, 2.05) is 6.92 Å². The minimum atomic E-state index is -1.32. The minimum absolute atomic E-state index is 0.0500. The van der Waals surface area contributed by atoms with Crippen LogP contribution >= 0.6 is 8.60 Å². The minimum Gasteiger partial charge on any atom is -0.368 e. The summed E-state index contributed by atoms with van der Waals surface area (Å²) in [4.78, 5) is 10.2. The zero-order valence-electron chi connectivity index (χ0n) is 6.15. The molecule has 1 fully saturated rings. The van der Waals surface area contributed by atoms with Crippen molar-refractivity contribution in [2.24, 2.45) is 5.73 Å². The first-order chi connectivity index (χ1) is 5.18. The van der Waals surface area contributed by atoms with Gasteiger partial charge in [-0.1, -0.05) is 0 Å². The molecular formula is C5H10NO4P. The van der Waals surface area contributed by atoms with Gasteiger partial charge in [-0.15, -0.1) is 0 Å². The Balaban J connectivity index is 2.13. The molecular weight excluding hydrogens is 169 g/mol. The van der Waals surface area contributed by atoms with E-state index in [1.54, 1.807) is 0 Å². The summed E-state index contributed by atoms with van der Waals surface area (Å²) in [5, 5.41) is 0. The van der Waals surface area contributed by atoms with Crippen LogP contribution < -0.4 is 5.73 Å². The third-order valence-electron chi connectivity index (χ3n) is 0.993. The Bertz CT molecular complexity index is 153. The molecule has 11 heavy (non-hydrogen) atoms. The highest BCUT2D eigenvalue weighted by molar-refractivity contribution is 7.42. The number of carbonyl (C=O) groups is 1. The lowest BCUT2D eigenvalue weighted by Crippen LogP contribution is -2.16. The highest BCUT2D eigenvalue weighted by Gasteiger charge is 2.25. The third kappa shape index (κ3) is 3.12. The fourth-order valence-corrected chi connectivity index (χ4v) is 1.67. The second-order valence-corrected chi connectivity index (χ2v) is 3.35. The average molecular weight is 179 g/mol. The SMILES string of the molecule is CC1COP(OCC(N)=O)O1. The van der Waals surface area contributed by atoms with Crippen molar-refractivity contribution in [3.8, 4) is 0 Å². The van der Waals surface area contributed by atoms with Crippen molar-refractivity contribution >= 4 is 14.5 Å². The van der Waals surface area contributed by atoms with Crippen molar-refractivity contribution < 1.29 is 18.4 Å². The zero-order chi connectivity index (χ0) is 8.27. The van der Waals surface area contributed by atoms with Crippen LogP contribution in [0.15, 0.2) is 0 Å². The summed E-state index contributed by atoms with van der Waals surface area (Å²) >= 11 is 0. The molecule has 1 saturated heterocycles. The fraction of sp³-hybridized carbons (Fsp3) is 0.800. The predicted octanol–water partition coefficient (Wildman–Crippen LogP) is 0.150. The van der Waals surface area contributed by atoms with Crippen LogP contribution in [0.2, 0.25) is 0 Å². The molecule has 0 aromatic carbocycles. The molecule has 1 aliphatic heterocycles. The Morgan fingerprint density at radius 3 is 3.09 bits per heavy atom. The Hall–Kier alpha value is -0.220. The van der Waals surface area contributed by atoms with Crippen LogP contribution in [-0.4, -0.2) is 25.2 Å². The summed E-state index contributed by atoms with van der Waals surface area (Å²) < 4.78 is 15.0. The number of rotatable bonds is 3. The lowest BCUT2D eigenvalue weighted by Gasteiger charge is -2.05. The lowest BCUT2D eigenvalue weighted by molar-refractivity contribution is -0.120. The van der Waals surface area contributed by atoms with Crippen LogP contribution in [0.4, 0.5) is 0 Å². The predicted molar refractivity (Wildman–Crippen MR) is 38.6 cm³/mol. The van der Waals surface area contributed by atoms with Crippen molar-refractivity contribution in [2.45, 2.75) is 13.0 Å². The van der Waals surface area contributed by atoms with Gasteiger partial charge < -0.3 is 19.3 Å². The van der Waals surface area contributed by atoms with E-state index in [0.717, 1.165) is 0 Å². The largest absolute Gasteiger partial charge is 0.368 e. The van der Waals surface area contributed by atoms with Crippen LogP contribution in [0, 0.1) is 0 Å². The van der Waals surface area contributed by atoms with Gasteiger partial charge in [-0.25, -0.2) is 0 Å². The van der Waals surface area contributed by atoms with Crippen LogP contribution in [0.25, 0.3) is 0 Å². The smallest absolute Gasteiger partial charge is 0.333 e. The normalized spacial score (nSPS) is 30.6. The van der Waals surface area contributed by atoms with E-state index in [2.05, 4.69) is 0 Å². The quantitative estimate of drug-likeness (QED) is 0.626. The second kappa shape index (κ2) is 3.97. The number of carbonyl (C=O) groups excluding carboxylic acids is 1. The second-order valence-electron chi connectivity index (χ2n) is 2.18. The zero-order valence-corrected chi connectivity index (χ0v) is 7.04. The van der Waals surface area contributed by atoms with Gasteiger partial charge in [0.25, 0.3) is 0 Å². The molecule has 64 valence electrons. The van der Waals surface area contributed by atoms with E-state index < -0.39 is 14.5 Å². The first-order valence-corrected chi connectivity index (χ1v) is 4.29. The molecule has 0 radical (unpaired) electrons. The number of primary amides is 1. The van der Waals surface area contributed by atoms with E-state index in [4.69, 9.17) is 19.3 Å². The average Bonchev–Trinajstić information content (AvgIpc) is 2.31. The molecule has 1 amide bonds. The molecule has 0 saturated carbocycles. The van der Waals surface area contributed by atoms with Crippen LogP contribution in [-0.2, 0) is 18.4 Å². The molecule has 0 spiro atoms. The van der Waals surface area contributed by atoms with Gasteiger partial charge in [0.05, 0.1) is 12.7 Å². The van der Waals surface area contributed by atoms with Gasteiger partial charge in [-0.3, -0.25) is 4.79 Å². The maximum absolute atomic E-state index is 10.2. The van der Waals surface area contributed by atoms with Crippen molar-refractivity contribution in [3.63, 3.8) is 0 Å². The van der Waals surface area contributed by atoms with Gasteiger partial charge in [-0.2, -0.15) is 0 Å². The van der Waals surface area contributed by atoms with Crippen molar-refractivity contribution in [2.75, 3.05) is 13.2 Å². The summed E-state index contributed by atoms with van der Waals surface area (Å²) in [6, 6.07) is 0. The van der Waals surface area contributed by atoms with Crippen LogP contribution in [0.1, 0.15) is 6.92 Å². The number of nitrogens with two attached hydrogens (primary N) is 1. The monoisotopic (exact) mass is 179 g/mol. The van der Waals surface area contributed by atoms with E-state index in [-0.39, 0.29) is 12.7 Å². The Labute approximate surface area is 65.8 Å². The van der Waals surface area contributed by atoms with Gasteiger partial charge in [0.2, 0.25) is 5.91 Å². The lowest BCUT2D eigenvalue weighted by atomic mass is 10.5. The first-order valence-electron chi connectivity index (χ1n) is 3.19. The molecule has 0 aromatic rings. The molecule has 1 rings (SSSR count). The number of hydrogen-bond donors (Lipinski definition) is 1. The van der Waals surface area contributed by atoms with Crippen LogP contribution in [0.3, 0.4) is 0 Å². The molecule has 0 aromatic heterocycles. The molecule has 2 atom stereocenters. The number of hydrogen-bond acceptors (Lipinski definition) is 4. The van der Waals surface area contributed by atoms with Crippen LogP contribution in [0.5, 0.6) is 0 Å². The molecule has 0 bridgehead atoms. The molecule has 2 N–H and O–H groups in total. The molecule has 2 unspecified atom stereocenters. The fourth-order valence-electron chi connectivity index (χ4n) is 0.558. The summed E-state index contributed by atoms with van der Waals surface area (Å²) in [7, 11) is -1.32. The first kappa shape index (κ1) is 8.87. The maximum atomic E-state index is 10.2. The maximum Gasteiger partial charge on any atom is 0.333 e. The third-order valence-corrected chi connectivity index (χ3v) is 2.22.